The Bertz CT molecular complexity index is 1060. The summed E-state index contributed by atoms with van der Waals surface area (Å²) in [6, 6.07) is 18.1. The van der Waals surface area contributed by atoms with Crippen LogP contribution in [0.4, 0.5) is 10.5 Å². The summed E-state index contributed by atoms with van der Waals surface area (Å²) in [6.45, 7) is 1.74. The number of hydrogen-bond donors (Lipinski definition) is 2. The average Bonchev–Trinajstić information content (AvgIpc) is 3.32. The van der Waals surface area contributed by atoms with Gasteiger partial charge in [0.25, 0.3) is 0 Å². The summed E-state index contributed by atoms with van der Waals surface area (Å²) in [5, 5.41) is 7.04. The number of rotatable bonds is 8. The second-order valence-corrected chi connectivity index (χ2v) is 7.43. The summed E-state index contributed by atoms with van der Waals surface area (Å²) in [5.41, 5.74) is 3.09. The number of carbonyl (C=O) groups excluding carboxylic acids is 3. The number of allylic oxidation sites excluding steroid dienone is 1. The Balaban J connectivity index is 1.52. The van der Waals surface area contributed by atoms with Gasteiger partial charge in [0, 0.05) is 16.1 Å². The second-order valence-electron chi connectivity index (χ2n) is 6.49. The van der Waals surface area contributed by atoms with Crippen molar-refractivity contribution in [3.8, 4) is 10.4 Å². The molecule has 0 aliphatic carbocycles. The van der Waals surface area contributed by atoms with Gasteiger partial charge in [-0.15, -0.1) is 11.3 Å². The van der Waals surface area contributed by atoms with Gasteiger partial charge in [-0.1, -0.05) is 36.4 Å². The molecule has 0 atom stereocenters. The van der Waals surface area contributed by atoms with Crippen LogP contribution < -0.4 is 10.6 Å². The number of anilines is 1. The molecule has 0 aliphatic rings. The Morgan fingerprint density at radius 2 is 1.74 bits per heavy atom. The molecule has 3 rings (SSSR count). The van der Waals surface area contributed by atoms with Gasteiger partial charge in [0.2, 0.25) is 0 Å². The van der Waals surface area contributed by atoms with Crippen molar-refractivity contribution in [3.63, 3.8) is 0 Å². The summed E-state index contributed by atoms with van der Waals surface area (Å²) in [6.07, 6.45) is 3.30. The van der Waals surface area contributed by atoms with Crippen LogP contribution in [0.5, 0.6) is 0 Å². The highest BCUT2D eigenvalue weighted by Gasteiger charge is 2.07. The van der Waals surface area contributed by atoms with Crippen molar-refractivity contribution >= 4 is 40.9 Å². The molecular weight excluding hydrogens is 412 g/mol. The Labute approximate surface area is 184 Å². The second kappa shape index (κ2) is 10.9. The van der Waals surface area contributed by atoms with E-state index in [1.165, 1.54) is 11.0 Å². The predicted octanol–water partition coefficient (Wildman–Crippen LogP) is 5.00. The maximum Gasteiger partial charge on any atom is 0.325 e. The molecule has 158 valence electrons. The van der Waals surface area contributed by atoms with E-state index in [-0.39, 0.29) is 18.9 Å². The molecule has 1 aromatic heterocycles. The molecule has 6 nitrogen and oxygen atoms in total. The van der Waals surface area contributed by atoms with Gasteiger partial charge in [-0.05, 0) is 59.8 Å². The quantitative estimate of drug-likeness (QED) is 0.297. The molecule has 0 aliphatic heterocycles. The number of thiophene rings is 1. The smallest absolute Gasteiger partial charge is 0.325 e. The zero-order chi connectivity index (χ0) is 22.1. The number of amides is 2. The number of carbonyl (C=O) groups is 3. The molecule has 2 aromatic carbocycles. The summed E-state index contributed by atoms with van der Waals surface area (Å²) in [4.78, 5) is 36.6. The number of ketones is 1. The third-order valence-corrected chi connectivity index (χ3v) is 5.19. The minimum atomic E-state index is -0.530. The maximum absolute atomic E-state index is 12.4. The van der Waals surface area contributed by atoms with E-state index in [0.717, 1.165) is 11.1 Å². The van der Waals surface area contributed by atoms with E-state index in [4.69, 9.17) is 4.74 Å². The van der Waals surface area contributed by atoms with Crippen LogP contribution in [-0.4, -0.2) is 30.9 Å². The highest BCUT2D eigenvalue weighted by Crippen LogP contribution is 2.25. The van der Waals surface area contributed by atoms with Crippen LogP contribution in [0.15, 0.2) is 72.1 Å². The van der Waals surface area contributed by atoms with Crippen molar-refractivity contribution in [1.29, 1.82) is 0 Å². The highest BCUT2D eigenvalue weighted by atomic mass is 32.1. The number of esters is 1. The predicted molar refractivity (Wildman–Crippen MR) is 123 cm³/mol. The monoisotopic (exact) mass is 434 g/mol. The number of ether oxygens (including phenoxy) is 1. The Morgan fingerprint density at radius 3 is 2.39 bits per heavy atom. The standard InChI is InChI=1S/C24H22N2O4S/c1-2-30-23(28)16-25-24(29)26-20-12-10-18(11-13-20)21(27)14-7-17-5-8-19(9-6-17)22-4-3-15-31-22/h3-15H,2,16H2,1H3,(H2,25,26,29). The van der Waals surface area contributed by atoms with Crippen molar-refractivity contribution in [2.24, 2.45) is 0 Å². The van der Waals surface area contributed by atoms with Crippen molar-refractivity contribution in [1.82, 2.24) is 5.32 Å². The summed E-state index contributed by atoms with van der Waals surface area (Å²) >= 11 is 1.68. The molecule has 2 N–H and O–H groups in total. The first-order valence-electron chi connectivity index (χ1n) is 9.72. The van der Waals surface area contributed by atoms with Gasteiger partial charge in [-0.25, -0.2) is 4.79 Å². The van der Waals surface area contributed by atoms with Crippen LogP contribution in [0, 0.1) is 0 Å². The van der Waals surface area contributed by atoms with Gasteiger partial charge in [-0.2, -0.15) is 0 Å². The molecule has 1 heterocycles. The number of urea groups is 1. The fourth-order valence-electron chi connectivity index (χ4n) is 2.73. The van der Waals surface area contributed by atoms with Crippen molar-refractivity contribution in [2.45, 2.75) is 6.92 Å². The zero-order valence-corrected chi connectivity index (χ0v) is 17.8. The first kappa shape index (κ1) is 22.0. The normalized spacial score (nSPS) is 10.6. The van der Waals surface area contributed by atoms with Gasteiger partial charge in [0.15, 0.2) is 5.78 Å². The van der Waals surface area contributed by atoms with Crippen LogP contribution >= 0.6 is 11.3 Å². The fourth-order valence-corrected chi connectivity index (χ4v) is 3.46. The van der Waals surface area contributed by atoms with Crippen LogP contribution in [0.1, 0.15) is 22.8 Å². The lowest BCUT2D eigenvalue weighted by Gasteiger charge is -2.07. The minimum absolute atomic E-state index is 0.138. The lowest BCUT2D eigenvalue weighted by molar-refractivity contribution is -0.141. The largest absolute Gasteiger partial charge is 0.465 e. The Morgan fingerprint density at radius 1 is 1.00 bits per heavy atom. The van der Waals surface area contributed by atoms with Gasteiger partial charge >= 0.3 is 12.0 Å². The molecule has 0 unspecified atom stereocenters. The lowest BCUT2D eigenvalue weighted by atomic mass is 10.1. The SMILES string of the molecule is CCOC(=O)CNC(=O)Nc1ccc(C(=O)C=Cc2ccc(-c3cccs3)cc2)cc1. The maximum atomic E-state index is 12.4. The van der Waals surface area contributed by atoms with Crippen molar-refractivity contribution < 1.29 is 19.1 Å². The molecule has 0 saturated carbocycles. The van der Waals surface area contributed by atoms with E-state index in [1.807, 2.05) is 35.7 Å². The van der Waals surface area contributed by atoms with Gasteiger partial charge in [0.05, 0.1) is 6.61 Å². The van der Waals surface area contributed by atoms with E-state index in [0.29, 0.717) is 11.3 Å². The zero-order valence-electron chi connectivity index (χ0n) is 17.0. The van der Waals surface area contributed by atoms with Gasteiger partial charge in [-0.3, -0.25) is 9.59 Å². The van der Waals surface area contributed by atoms with Crippen molar-refractivity contribution in [2.75, 3.05) is 18.5 Å². The molecule has 0 radical (unpaired) electrons. The lowest BCUT2D eigenvalue weighted by Crippen LogP contribution is -2.34. The van der Waals surface area contributed by atoms with E-state index < -0.39 is 12.0 Å². The van der Waals surface area contributed by atoms with E-state index >= 15 is 0 Å². The highest BCUT2D eigenvalue weighted by molar-refractivity contribution is 7.13. The number of benzene rings is 2. The topological polar surface area (TPSA) is 84.5 Å². The molecule has 0 bridgehead atoms. The molecule has 2 amide bonds. The molecule has 7 heteroatoms. The molecule has 0 fully saturated rings. The first-order valence-corrected chi connectivity index (χ1v) is 10.6. The van der Waals surface area contributed by atoms with Gasteiger partial charge < -0.3 is 15.4 Å². The average molecular weight is 435 g/mol. The van der Waals surface area contributed by atoms with E-state index in [1.54, 1.807) is 48.6 Å². The van der Waals surface area contributed by atoms with Crippen LogP contribution in [0.3, 0.4) is 0 Å². The van der Waals surface area contributed by atoms with Gasteiger partial charge in [0.1, 0.15) is 6.54 Å². The molecule has 3 aromatic rings. The third-order valence-electron chi connectivity index (χ3n) is 4.27. The number of nitrogens with one attached hydrogen (secondary N) is 2. The molecule has 0 saturated heterocycles. The molecule has 31 heavy (non-hydrogen) atoms. The summed E-state index contributed by atoms with van der Waals surface area (Å²) in [5.74, 6) is -0.646. The summed E-state index contributed by atoms with van der Waals surface area (Å²) in [7, 11) is 0. The fraction of sp³-hybridized carbons (Fsp3) is 0.125. The number of hydrogen-bond acceptors (Lipinski definition) is 5. The summed E-state index contributed by atoms with van der Waals surface area (Å²) < 4.78 is 4.74. The van der Waals surface area contributed by atoms with Crippen LogP contribution in [0.2, 0.25) is 0 Å². The van der Waals surface area contributed by atoms with Crippen molar-refractivity contribution in [3.05, 3.63) is 83.2 Å². The van der Waals surface area contributed by atoms with E-state index in [9.17, 15) is 14.4 Å². The molecular formula is C24H22N2O4S. The third kappa shape index (κ3) is 6.65. The Hall–Kier alpha value is -3.71. The Kier molecular flexibility index (Phi) is 7.73. The minimum Gasteiger partial charge on any atom is -0.465 e. The van der Waals surface area contributed by atoms with E-state index in [2.05, 4.69) is 16.7 Å². The first-order chi connectivity index (χ1) is 15.0. The van der Waals surface area contributed by atoms with Crippen LogP contribution in [-0.2, 0) is 9.53 Å². The molecule has 0 spiro atoms. The van der Waals surface area contributed by atoms with Crippen LogP contribution in [0.25, 0.3) is 16.5 Å².